The summed E-state index contributed by atoms with van der Waals surface area (Å²) in [6.07, 6.45) is 7.11. The Morgan fingerprint density at radius 1 is 1.40 bits per heavy atom. The predicted octanol–water partition coefficient (Wildman–Crippen LogP) is 3.39. The molecule has 25 heavy (non-hydrogen) atoms. The van der Waals surface area contributed by atoms with E-state index >= 15 is 0 Å². The molecule has 3 rings (SSSR count). The van der Waals surface area contributed by atoms with Crippen LogP contribution in [0.15, 0.2) is 30.6 Å². The number of nitrogens with one attached hydrogen (secondary N) is 2. The first kappa shape index (κ1) is 17.8. The fourth-order valence-corrected chi connectivity index (χ4v) is 3.22. The summed E-state index contributed by atoms with van der Waals surface area (Å²) >= 11 is 11.5. The summed E-state index contributed by atoms with van der Waals surface area (Å²) < 4.78 is 0. The van der Waals surface area contributed by atoms with E-state index in [-0.39, 0.29) is 0 Å². The van der Waals surface area contributed by atoms with E-state index in [0.29, 0.717) is 28.8 Å². The van der Waals surface area contributed by atoms with Gasteiger partial charge in [0.05, 0.1) is 0 Å². The Labute approximate surface area is 158 Å². The molecular formula is C17H21ClN6S. The standard InChI is InChI=1S/C17H21ClN6S/c1-12-5-2-3-8-24(12)15-9-14(18)21-16(22-15)23-17(25)20-11-13-6-4-7-19-10-13/h4,6-7,9-10,12H,2-3,5,8,11H2,1H3,(H2,20,21,22,23,25). The second-order valence-corrected chi connectivity index (χ2v) is 6.88. The molecule has 0 aliphatic carbocycles. The minimum Gasteiger partial charge on any atom is -0.358 e. The van der Waals surface area contributed by atoms with Crippen molar-refractivity contribution in [2.75, 3.05) is 16.8 Å². The summed E-state index contributed by atoms with van der Waals surface area (Å²) in [6.45, 7) is 3.77. The molecule has 0 saturated carbocycles. The molecule has 2 aromatic heterocycles. The smallest absolute Gasteiger partial charge is 0.232 e. The van der Waals surface area contributed by atoms with Crippen molar-refractivity contribution >= 4 is 40.7 Å². The van der Waals surface area contributed by atoms with Gasteiger partial charge in [-0.05, 0) is 50.0 Å². The van der Waals surface area contributed by atoms with Crippen molar-refractivity contribution in [2.24, 2.45) is 0 Å². The van der Waals surface area contributed by atoms with Crippen LogP contribution >= 0.6 is 23.8 Å². The average Bonchev–Trinajstić information content (AvgIpc) is 2.61. The highest BCUT2D eigenvalue weighted by Gasteiger charge is 2.20. The molecule has 132 valence electrons. The van der Waals surface area contributed by atoms with Gasteiger partial charge in [0.1, 0.15) is 11.0 Å². The van der Waals surface area contributed by atoms with Crippen LogP contribution in [0.3, 0.4) is 0 Å². The lowest BCUT2D eigenvalue weighted by Gasteiger charge is -2.34. The number of thiocarbonyl (C=S) groups is 1. The Hall–Kier alpha value is -1.99. The number of piperidine rings is 1. The zero-order valence-corrected chi connectivity index (χ0v) is 15.6. The van der Waals surface area contributed by atoms with Crippen LogP contribution in [0.2, 0.25) is 5.15 Å². The van der Waals surface area contributed by atoms with E-state index in [2.05, 4.69) is 37.4 Å². The van der Waals surface area contributed by atoms with Crippen LogP contribution in [-0.2, 0) is 6.54 Å². The van der Waals surface area contributed by atoms with Gasteiger partial charge >= 0.3 is 0 Å². The quantitative estimate of drug-likeness (QED) is 0.626. The van der Waals surface area contributed by atoms with Crippen molar-refractivity contribution in [3.05, 3.63) is 41.3 Å². The molecule has 6 nitrogen and oxygen atoms in total. The normalized spacial score (nSPS) is 17.2. The molecule has 1 aliphatic heterocycles. The summed E-state index contributed by atoms with van der Waals surface area (Å²) in [7, 11) is 0. The number of anilines is 2. The van der Waals surface area contributed by atoms with Gasteiger partial charge in [-0.3, -0.25) is 4.98 Å². The Morgan fingerprint density at radius 3 is 3.04 bits per heavy atom. The van der Waals surface area contributed by atoms with Crippen LogP contribution in [0, 0.1) is 0 Å². The molecular weight excluding hydrogens is 356 g/mol. The van der Waals surface area contributed by atoms with Gasteiger partial charge in [-0.1, -0.05) is 17.7 Å². The Bertz CT molecular complexity index is 726. The highest BCUT2D eigenvalue weighted by Crippen LogP contribution is 2.25. The number of pyridine rings is 1. The zero-order chi connectivity index (χ0) is 17.6. The van der Waals surface area contributed by atoms with E-state index in [1.54, 1.807) is 18.5 Å². The van der Waals surface area contributed by atoms with Crippen LogP contribution < -0.4 is 15.5 Å². The van der Waals surface area contributed by atoms with E-state index < -0.39 is 0 Å². The molecule has 1 unspecified atom stereocenters. The summed E-state index contributed by atoms with van der Waals surface area (Å²) in [4.78, 5) is 15.2. The van der Waals surface area contributed by atoms with Gasteiger partial charge in [-0.2, -0.15) is 4.98 Å². The zero-order valence-electron chi connectivity index (χ0n) is 14.1. The minimum atomic E-state index is 0.403. The van der Waals surface area contributed by atoms with E-state index in [0.717, 1.165) is 24.3 Å². The third-order valence-corrected chi connectivity index (χ3v) is 4.62. The number of rotatable bonds is 4. The average molecular weight is 377 g/mol. The maximum atomic E-state index is 6.18. The monoisotopic (exact) mass is 376 g/mol. The van der Waals surface area contributed by atoms with Crippen LogP contribution in [0.1, 0.15) is 31.7 Å². The molecule has 0 amide bonds. The van der Waals surface area contributed by atoms with Gasteiger partial charge in [0, 0.05) is 37.6 Å². The second kappa shape index (κ2) is 8.40. The summed E-state index contributed by atoms with van der Waals surface area (Å²) in [6, 6.07) is 6.12. The molecule has 0 aromatic carbocycles. The second-order valence-electron chi connectivity index (χ2n) is 6.08. The molecule has 0 spiro atoms. The summed E-state index contributed by atoms with van der Waals surface area (Å²) in [5, 5.41) is 6.98. The van der Waals surface area contributed by atoms with Crippen LogP contribution in [-0.4, -0.2) is 32.7 Å². The van der Waals surface area contributed by atoms with Crippen molar-refractivity contribution in [1.82, 2.24) is 20.3 Å². The van der Waals surface area contributed by atoms with Crippen LogP contribution in [0.5, 0.6) is 0 Å². The molecule has 3 heterocycles. The van der Waals surface area contributed by atoms with E-state index in [9.17, 15) is 0 Å². The third kappa shape index (κ3) is 4.99. The SMILES string of the molecule is CC1CCCCN1c1cc(Cl)nc(NC(=S)NCc2cccnc2)n1. The summed E-state index contributed by atoms with van der Waals surface area (Å²) in [5.74, 6) is 1.24. The van der Waals surface area contributed by atoms with Crippen LogP contribution in [0.4, 0.5) is 11.8 Å². The molecule has 1 atom stereocenters. The van der Waals surface area contributed by atoms with E-state index in [4.69, 9.17) is 23.8 Å². The molecule has 0 radical (unpaired) electrons. The fraction of sp³-hybridized carbons (Fsp3) is 0.412. The van der Waals surface area contributed by atoms with Crippen LogP contribution in [0.25, 0.3) is 0 Å². The molecule has 2 N–H and O–H groups in total. The highest BCUT2D eigenvalue weighted by atomic mass is 35.5. The molecule has 1 aliphatic rings. The Kier molecular flexibility index (Phi) is 5.99. The van der Waals surface area contributed by atoms with Gasteiger partial charge in [-0.15, -0.1) is 0 Å². The molecule has 8 heteroatoms. The number of hydrogen-bond donors (Lipinski definition) is 2. The number of nitrogens with zero attached hydrogens (tertiary/aromatic N) is 4. The molecule has 0 bridgehead atoms. The maximum Gasteiger partial charge on any atom is 0.232 e. The maximum absolute atomic E-state index is 6.18. The largest absolute Gasteiger partial charge is 0.358 e. The first-order valence-corrected chi connectivity index (χ1v) is 9.15. The minimum absolute atomic E-state index is 0.403. The van der Waals surface area contributed by atoms with Crippen molar-refractivity contribution in [3.63, 3.8) is 0 Å². The lowest BCUT2D eigenvalue weighted by Crippen LogP contribution is -2.38. The van der Waals surface area contributed by atoms with Gasteiger partial charge in [0.15, 0.2) is 5.11 Å². The van der Waals surface area contributed by atoms with Gasteiger partial charge in [-0.25, -0.2) is 4.98 Å². The predicted molar refractivity (Wildman–Crippen MR) is 105 cm³/mol. The first-order valence-electron chi connectivity index (χ1n) is 8.37. The highest BCUT2D eigenvalue weighted by molar-refractivity contribution is 7.80. The molecule has 2 aromatic rings. The fourth-order valence-electron chi connectivity index (χ4n) is 2.88. The van der Waals surface area contributed by atoms with Crippen molar-refractivity contribution in [3.8, 4) is 0 Å². The van der Waals surface area contributed by atoms with Gasteiger partial charge in [0.2, 0.25) is 5.95 Å². The lowest BCUT2D eigenvalue weighted by atomic mass is 10.0. The number of halogens is 1. The Morgan fingerprint density at radius 2 is 2.28 bits per heavy atom. The van der Waals surface area contributed by atoms with E-state index in [1.807, 2.05) is 12.1 Å². The van der Waals surface area contributed by atoms with Crippen molar-refractivity contribution < 1.29 is 0 Å². The lowest BCUT2D eigenvalue weighted by molar-refractivity contribution is 0.481. The molecule has 1 fully saturated rings. The topological polar surface area (TPSA) is 66.0 Å². The number of hydrogen-bond acceptors (Lipinski definition) is 5. The van der Waals surface area contributed by atoms with Gasteiger partial charge in [0.25, 0.3) is 0 Å². The third-order valence-electron chi connectivity index (χ3n) is 4.18. The Balaban J connectivity index is 1.64. The first-order chi connectivity index (χ1) is 12.1. The number of aromatic nitrogens is 3. The van der Waals surface area contributed by atoms with E-state index in [1.165, 1.54) is 12.8 Å². The summed E-state index contributed by atoms with van der Waals surface area (Å²) in [5.41, 5.74) is 1.04. The van der Waals surface area contributed by atoms with Crippen molar-refractivity contribution in [1.29, 1.82) is 0 Å². The van der Waals surface area contributed by atoms with Gasteiger partial charge < -0.3 is 15.5 Å². The molecule has 1 saturated heterocycles. The van der Waals surface area contributed by atoms with Crippen molar-refractivity contribution in [2.45, 2.75) is 38.8 Å².